The summed E-state index contributed by atoms with van der Waals surface area (Å²) in [5.41, 5.74) is 1.17. The van der Waals surface area contributed by atoms with Crippen molar-refractivity contribution < 1.29 is 14.8 Å². The van der Waals surface area contributed by atoms with Crippen molar-refractivity contribution in [2.45, 2.75) is 20.0 Å². The van der Waals surface area contributed by atoms with Crippen LogP contribution in [0.15, 0.2) is 36.5 Å². The standard InChI is InChI=1S/C14H18N4O2/c1-2-17(10-12-6-4-3-5-7-12)8-9-18-11-13(14(19)20)15-16-18/h3-7,11H,2,8-10H2,1H3,(H,19,20). The molecular formula is C14H18N4O2. The van der Waals surface area contributed by atoms with E-state index in [1.807, 2.05) is 18.2 Å². The molecule has 6 heteroatoms. The van der Waals surface area contributed by atoms with E-state index in [9.17, 15) is 9.90 Å². The summed E-state index contributed by atoms with van der Waals surface area (Å²) in [4.78, 5) is 12.0. The van der Waals surface area contributed by atoms with E-state index in [0.717, 1.165) is 19.6 Å². The molecular weight excluding hydrogens is 256 g/mol. The van der Waals surface area contributed by atoms with Gasteiger partial charge in [-0.2, -0.15) is 0 Å². The van der Waals surface area contributed by atoms with Crippen LogP contribution < -0.4 is 10.0 Å². The highest BCUT2D eigenvalue weighted by Crippen LogP contribution is 1.95. The SMILES string of the molecule is CC[NH+](CCn1cc(C(=O)[O-])nn1)Cc1ccccc1. The normalized spacial score (nSPS) is 12.2. The maximum atomic E-state index is 10.6. The third-order valence-corrected chi connectivity index (χ3v) is 3.24. The van der Waals surface area contributed by atoms with Crippen LogP contribution in [-0.2, 0) is 13.1 Å². The number of nitrogens with one attached hydrogen (secondary N) is 1. The van der Waals surface area contributed by atoms with Crippen LogP contribution in [0, 0.1) is 0 Å². The molecule has 0 spiro atoms. The van der Waals surface area contributed by atoms with Crippen molar-refractivity contribution in [1.29, 1.82) is 0 Å². The number of carboxylic acids is 1. The fraction of sp³-hybridized carbons (Fsp3) is 0.357. The molecule has 0 fully saturated rings. The van der Waals surface area contributed by atoms with Gasteiger partial charge < -0.3 is 14.8 Å². The van der Waals surface area contributed by atoms with Crippen LogP contribution in [0.3, 0.4) is 0 Å². The fourth-order valence-electron chi connectivity index (χ4n) is 2.05. The zero-order valence-electron chi connectivity index (χ0n) is 11.5. The van der Waals surface area contributed by atoms with E-state index in [1.54, 1.807) is 4.68 Å². The maximum absolute atomic E-state index is 10.6. The first-order valence-electron chi connectivity index (χ1n) is 6.68. The molecule has 1 atom stereocenters. The van der Waals surface area contributed by atoms with E-state index in [-0.39, 0.29) is 5.69 Å². The van der Waals surface area contributed by atoms with Crippen molar-refractivity contribution in [2.75, 3.05) is 13.1 Å². The predicted molar refractivity (Wildman–Crippen MR) is 70.9 cm³/mol. The zero-order valence-corrected chi connectivity index (χ0v) is 11.5. The molecule has 20 heavy (non-hydrogen) atoms. The summed E-state index contributed by atoms with van der Waals surface area (Å²) in [5, 5.41) is 17.9. The molecule has 1 heterocycles. The first kappa shape index (κ1) is 14.2. The number of quaternary nitrogens is 1. The molecule has 0 saturated heterocycles. The molecule has 0 bridgehead atoms. The molecule has 0 saturated carbocycles. The Morgan fingerprint density at radius 3 is 2.70 bits per heavy atom. The van der Waals surface area contributed by atoms with Gasteiger partial charge in [0, 0.05) is 5.56 Å². The number of nitrogens with zero attached hydrogens (tertiary/aromatic N) is 3. The quantitative estimate of drug-likeness (QED) is 0.684. The number of carboxylic acid groups (broad SMARTS) is 1. The summed E-state index contributed by atoms with van der Waals surface area (Å²) in [7, 11) is 0. The second-order valence-corrected chi connectivity index (χ2v) is 4.67. The van der Waals surface area contributed by atoms with Gasteiger partial charge in [-0.1, -0.05) is 35.5 Å². The highest BCUT2D eigenvalue weighted by Gasteiger charge is 2.08. The third-order valence-electron chi connectivity index (χ3n) is 3.24. The minimum absolute atomic E-state index is 0.119. The molecule has 1 aromatic heterocycles. The van der Waals surface area contributed by atoms with Crippen molar-refractivity contribution in [2.24, 2.45) is 0 Å². The van der Waals surface area contributed by atoms with Gasteiger partial charge in [0.15, 0.2) is 0 Å². The molecule has 0 radical (unpaired) electrons. The number of rotatable bonds is 7. The number of carbonyl (C=O) groups is 1. The Balaban J connectivity index is 1.88. The van der Waals surface area contributed by atoms with E-state index in [2.05, 4.69) is 29.4 Å². The Labute approximate surface area is 117 Å². The topological polar surface area (TPSA) is 75.3 Å². The Morgan fingerprint density at radius 2 is 2.10 bits per heavy atom. The van der Waals surface area contributed by atoms with E-state index < -0.39 is 5.97 Å². The molecule has 1 aromatic carbocycles. The van der Waals surface area contributed by atoms with E-state index in [1.165, 1.54) is 16.7 Å². The smallest absolute Gasteiger partial charge is 0.128 e. The summed E-state index contributed by atoms with van der Waals surface area (Å²) in [6.45, 7) is 5.57. The van der Waals surface area contributed by atoms with Gasteiger partial charge in [-0.05, 0) is 6.92 Å². The average molecular weight is 274 g/mol. The molecule has 1 N–H and O–H groups in total. The number of benzene rings is 1. The number of aromatic carboxylic acids is 1. The lowest BCUT2D eigenvalue weighted by molar-refractivity contribution is -0.912. The monoisotopic (exact) mass is 274 g/mol. The van der Waals surface area contributed by atoms with Gasteiger partial charge in [-0.3, -0.25) is 0 Å². The zero-order chi connectivity index (χ0) is 14.4. The minimum Gasteiger partial charge on any atom is -0.543 e. The Bertz CT molecular complexity index is 553. The van der Waals surface area contributed by atoms with E-state index in [0.29, 0.717) is 6.54 Å². The van der Waals surface area contributed by atoms with Crippen molar-refractivity contribution in [3.63, 3.8) is 0 Å². The van der Waals surface area contributed by atoms with Crippen molar-refractivity contribution in [3.8, 4) is 0 Å². The average Bonchev–Trinajstić information content (AvgIpc) is 2.93. The minimum atomic E-state index is -1.29. The molecule has 0 amide bonds. The summed E-state index contributed by atoms with van der Waals surface area (Å²) in [5.74, 6) is -1.29. The molecule has 0 aliphatic rings. The molecule has 0 aliphatic heterocycles. The number of hydrogen-bond donors (Lipinski definition) is 1. The summed E-state index contributed by atoms with van der Waals surface area (Å²) in [6.07, 6.45) is 1.41. The van der Waals surface area contributed by atoms with Crippen LogP contribution in [0.4, 0.5) is 0 Å². The number of aromatic nitrogens is 3. The predicted octanol–water partition coefficient (Wildman–Crippen LogP) is -1.25. The van der Waals surface area contributed by atoms with Gasteiger partial charge in [0.25, 0.3) is 0 Å². The van der Waals surface area contributed by atoms with Crippen molar-refractivity contribution >= 4 is 5.97 Å². The first-order valence-corrected chi connectivity index (χ1v) is 6.68. The molecule has 1 unspecified atom stereocenters. The van der Waals surface area contributed by atoms with Gasteiger partial charge >= 0.3 is 0 Å². The van der Waals surface area contributed by atoms with Gasteiger partial charge in [0.1, 0.15) is 12.2 Å². The molecule has 2 aromatic rings. The van der Waals surface area contributed by atoms with Crippen LogP contribution in [0.25, 0.3) is 0 Å². The van der Waals surface area contributed by atoms with Crippen LogP contribution >= 0.6 is 0 Å². The lowest BCUT2D eigenvalue weighted by Gasteiger charge is -2.17. The Kier molecular flexibility index (Phi) is 4.84. The van der Waals surface area contributed by atoms with Crippen LogP contribution in [-0.4, -0.2) is 34.1 Å². The first-order chi connectivity index (χ1) is 9.69. The number of likely N-dealkylation sites (N-methyl/N-ethyl adjacent to an activating group) is 1. The van der Waals surface area contributed by atoms with Gasteiger partial charge in [-0.15, -0.1) is 5.10 Å². The van der Waals surface area contributed by atoms with Gasteiger partial charge in [-0.25, -0.2) is 4.68 Å². The van der Waals surface area contributed by atoms with Crippen LogP contribution in [0.5, 0.6) is 0 Å². The van der Waals surface area contributed by atoms with E-state index >= 15 is 0 Å². The fourth-order valence-corrected chi connectivity index (χ4v) is 2.05. The third kappa shape index (κ3) is 3.89. The lowest BCUT2D eigenvalue weighted by Crippen LogP contribution is -3.10. The van der Waals surface area contributed by atoms with E-state index in [4.69, 9.17) is 0 Å². The summed E-state index contributed by atoms with van der Waals surface area (Å²) in [6, 6.07) is 10.3. The lowest BCUT2D eigenvalue weighted by atomic mass is 10.2. The van der Waals surface area contributed by atoms with Crippen molar-refractivity contribution in [3.05, 3.63) is 47.8 Å². The summed E-state index contributed by atoms with van der Waals surface area (Å²) >= 11 is 0. The second kappa shape index (κ2) is 6.81. The Hall–Kier alpha value is -2.21. The van der Waals surface area contributed by atoms with Gasteiger partial charge in [0.05, 0.1) is 31.8 Å². The highest BCUT2D eigenvalue weighted by molar-refractivity contribution is 5.82. The number of hydrogen-bond acceptors (Lipinski definition) is 4. The second-order valence-electron chi connectivity index (χ2n) is 4.67. The number of carbonyl (C=O) groups excluding carboxylic acids is 1. The maximum Gasteiger partial charge on any atom is 0.128 e. The van der Waals surface area contributed by atoms with Gasteiger partial charge in [0.2, 0.25) is 0 Å². The molecule has 0 aliphatic carbocycles. The van der Waals surface area contributed by atoms with Crippen LogP contribution in [0.1, 0.15) is 23.0 Å². The van der Waals surface area contributed by atoms with Crippen LogP contribution in [0.2, 0.25) is 0 Å². The summed E-state index contributed by atoms with van der Waals surface area (Å²) < 4.78 is 1.55. The highest BCUT2D eigenvalue weighted by atomic mass is 16.4. The van der Waals surface area contributed by atoms with Crippen molar-refractivity contribution in [1.82, 2.24) is 15.0 Å². The largest absolute Gasteiger partial charge is 0.543 e. The molecule has 6 nitrogen and oxygen atoms in total. The molecule has 2 rings (SSSR count). The molecule has 106 valence electrons. The Morgan fingerprint density at radius 1 is 1.35 bits per heavy atom.